The molecule has 0 bridgehead atoms. The number of carboxylic acids is 1. The lowest BCUT2D eigenvalue weighted by atomic mass is 10.0. The molecule has 0 amide bonds. The van der Waals surface area contributed by atoms with Gasteiger partial charge in [-0.1, -0.05) is 6.58 Å². The Morgan fingerprint density at radius 2 is 1.83 bits per heavy atom. The predicted octanol–water partition coefficient (Wildman–Crippen LogP) is 2.80. The van der Waals surface area contributed by atoms with Gasteiger partial charge in [-0.2, -0.15) is 10.5 Å². The summed E-state index contributed by atoms with van der Waals surface area (Å²) in [5, 5.41) is 27.2. The third-order valence-electron chi connectivity index (χ3n) is 3.00. The van der Waals surface area contributed by atoms with Gasteiger partial charge in [-0.15, -0.1) is 0 Å². The molecule has 0 aromatic heterocycles. The molecule has 0 aliphatic rings. The molecule has 0 spiro atoms. The minimum Gasteiger partial charge on any atom is -0.478 e. The van der Waals surface area contributed by atoms with Gasteiger partial charge in [-0.05, 0) is 49.6 Å². The highest BCUT2D eigenvalue weighted by atomic mass is 16.5. The van der Waals surface area contributed by atoms with Gasteiger partial charge in [0.2, 0.25) is 0 Å². The van der Waals surface area contributed by atoms with E-state index in [1.807, 2.05) is 12.1 Å². The first-order valence-corrected chi connectivity index (χ1v) is 7.09. The van der Waals surface area contributed by atoms with Crippen molar-refractivity contribution in [2.45, 2.75) is 19.8 Å². The topological polar surface area (TPSA) is 111 Å². The number of nitrogens with zero attached hydrogens (tertiary/aromatic N) is 2. The molecule has 1 N–H and O–H groups in total. The number of nitriles is 2. The second kappa shape index (κ2) is 8.92. The van der Waals surface area contributed by atoms with Crippen LogP contribution in [0.4, 0.5) is 0 Å². The Hall–Kier alpha value is -3.38. The van der Waals surface area contributed by atoms with Gasteiger partial charge in [0.05, 0.1) is 29.9 Å². The van der Waals surface area contributed by atoms with Crippen LogP contribution >= 0.6 is 0 Å². The SMILES string of the molecule is C=C(C)C(=O)OCCCC(=Cc1cc(C#N)cc(C#N)c1)C(=O)O. The first-order valence-electron chi connectivity index (χ1n) is 7.09. The summed E-state index contributed by atoms with van der Waals surface area (Å²) in [5.41, 5.74) is 1.39. The maximum atomic E-state index is 11.3. The highest BCUT2D eigenvalue weighted by Gasteiger charge is 2.10. The van der Waals surface area contributed by atoms with Crippen molar-refractivity contribution >= 4 is 18.0 Å². The number of carbonyl (C=O) groups is 2. The number of aliphatic carboxylic acids is 1. The lowest BCUT2D eigenvalue weighted by Crippen LogP contribution is -2.08. The van der Waals surface area contributed by atoms with Crippen LogP contribution in [0.1, 0.15) is 36.5 Å². The second-order valence-corrected chi connectivity index (χ2v) is 5.06. The summed E-state index contributed by atoms with van der Waals surface area (Å²) in [5.74, 6) is -1.63. The predicted molar refractivity (Wildman–Crippen MR) is 86.5 cm³/mol. The molecular formula is C18H16N2O4. The average Bonchev–Trinajstić information content (AvgIpc) is 2.56. The number of ether oxygens (including phenoxy) is 1. The van der Waals surface area contributed by atoms with Crippen LogP contribution in [-0.4, -0.2) is 23.7 Å². The van der Waals surface area contributed by atoms with Gasteiger partial charge in [0.15, 0.2) is 0 Å². The fourth-order valence-electron chi connectivity index (χ4n) is 1.86. The van der Waals surface area contributed by atoms with Crippen LogP contribution in [-0.2, 0) is 14.3 Å². The summed E-state index contributed by atoms with van der Waals surface area (Å²) in [6.45, 7) is 5.06. The average molecular weight is 324 g/mol. The number of rotatable bonds is 7. The largest absolute Gasteiger partial charge is 0.478 e. The van der Waals surface area contributed by atoms with Gasteiger partial charge in [0, 0.05) is 11.1 Å². The molecule has 0 aliphatic carbocycles. The molecule has 24 heavy (non-hydrogen) atoms. The van der Waals surface area contributed by atoms with Gasteiger partial charge >= 0.3 is 11.9 Å². The number of esters is 1. The molecule has 0 saturated carbocycles. The van der Waals surface area contributed by atoms with Gasteiger partial charge in [0.25, 0.3) is 0 Å². The Bertz CT molecular complexity index is 747. The Morgan fingerprint density at radius 3 is 2.29 bits per heavy atom. The molecule has 0 aliphatic heterocycles. The van der Waals surface area contributed by atoms with Crippen LogP contribution in [0.2, 0.25) is 0 Å². The number of carboxylic acid groups (broad SMARTS) is 1. The highest BCUT2D eigenvalue weighted by Crippen LogP contribution is 2.16. The molecule has 0 radical (unpaired) electrons. The van der Waals surface area contributed by atoms with E-state index in [0.717, 1.165) is 0 Å². The lowest BCUT2D eigenvalue weighted by Gasteiger charge is -2.06. The van der Waals surface area contributed by atoms with Crippen molar-refractivity contribution in [1.82, 2.24) is 0 Å². The fraction of sp³-hybridized carbons (Fsp3) is 0.222. The Kier molecular flexibility index (Phi) is 6.94. The molecule has 1 rings (SSSR count). The van der Waals surface area contributed by atoms with E-state index in [1.165, 1.54) is 31.2 Å². The van der Waals surface area contributed by atoms with E-state index in [-0.39, 0.29) is 35.3 Å². The molecule has 6 heteroatoms. The van der Waals surface area contributed by atoms with E-state index in [0.29, 0.717) is 12.0 Å². The van der Waals surface area contributed by atoms with Gasteiger partial charge in [0.1, 0.15) is 0 Å². The zero-order valence-electron chi connectivity index (χ0n) is 13.2. The van der Waals surface area contributed by atoms with Crippen molar-refractivity contribution in [3.05, 3.63) is 52.6 Å². The number of hydrogen-bond acceptors (Lipinski definition) is 5. The summed E-state index contributed by atoms with van der Waals surface area (Å²) >= 11 is 0. The fourth-order valence-corrected chi connectivity index (χ4v) is 1.86. The van der Waals surface area contributed by atoms with E-state index in [2.05, 4.69) is 6.58 Å². The summed E-state index contributed by atoms with van der Waals surface area (Å²) in [4.78, 5) is 22.6. The molecule has 1 aromatic carbocycles. The van der Waals surface area contributed by atoms with Crippen molar-refractivity contribution < 1.29 is 19.4 Å². The van der Waals surface area contributed by atoms with Crippen molar-refractivity contribution in [2.24, 2.45) is 0 Å². The van der Waals surface area contributed by atoms with Gasteiger partial charge in [-0.3, -0.25) is 0 Å². The van der Waals surface area contributed by atoms with Crippen LogP contribution in [0.5, 0.6) is 0 Å². The highest BCUT2D eigenvalue weighted by molar-refractivity contribution is 5.92. The zero-order valence-corrected chi connectivity index (χ0v) is 13.2. The van der Waals surface area contributed by atoms with Crippen molar-refractivity contribution in [1.29, 1.82) is 10.5 Å². The van der Waals surface area contributed by atoms with Crippen LogP contribution in [0, 0.1) is 22.7 Å². The normalized spacial score (nSPS) is 10.4. The molecule has 1 aromatic rings. The third kappa shape index (κ3) is 5.78. The Morgan fingerprint density at radius 1 is 1.25 bits per heavy atom. The summed E-state index contributed by atoms with van der Waals surface area (Å²) in [7, 11) is 0. The zero-order chi connectivity index (χ0) is 18.1. The Balaban J connectivity index is 2.85. The van der Waals surface area contributed by atoms with Crippen LogP contribution in [0.15, 0.2) is 35.9 Å². The third-order valence-corrected chi connectivity index (χ3v) is 3.00. The maximum Gasteiger partial charge on any atom is 0.333 e. The molecule has 0 saturated heterocycles. The molecule has 122 valence electrons. The Labute approximate surface area is 139 Å². The molecular weight excluding hydrogens is 308 g/mol. The van der Waals surface area contributed by atoms with Crippen LogP contribution < -0.4 is 0 Å². The van der Waals surface area contributed by atoms with E-state index >= 15 is 0 Å². The van der Waals surface area contributed by atoms with E-state index in [1.54, 1.807) is 0 Å². The molecule has 0 fully saturated rings. The van der Waals surface area contributed by atoms with Crippen LogP contribution in [0.25, 0.3) is 6.08 Å². The van der Waals surface area contributed by atoms with E-state index in [4.69, 9.17) is 15.3 Å². The van der Waals surface area contributed by atoms with Crippen molar-refractivity contribution in [2.75, 3.05) is 6.61 Å². The lowest BCUT2D eigenvalue weighted by molar-refractivity contribution is -0.139. The van der Waals surface area contributed by atoms with E-state index < -0.39 is 11.9 Å². The number of benzene rings is 1. The number of hydrogen-bond donors (Lipinski definition) is 1. The molecule has 6 nitrogen and oxygen atoms in total. The van der Waals surface area contributed by atoms with Gasteiger partial charge in [-0.25, -0.2) is 9.59 Å². The first kappa shape index (κ1) is 18.7. The summed E-state index contributed by atoms with van der Waals surface area (Å²) in [6, 6.07) is 8.29. The van der Waals surface area contributed by atoms with Gasteiger partial charge < -0.3 is 9.84 Å². The molecule has 0 atom stereocenters. The summed E-state index contributed by atoms with van der Waals surface area (Å²) in [6.07, 6.45) is 1.92. The second-order valence-electron chi connectivity index (χ2n) is 5.06. The monoisotopic (exact) mass is 324 g/mol. The molecule has 0 unspecified atom stereocenters. The van der Waals surface area contributed by atoms with Crippen molar-refractivity contribution in [3.8, 4) is 12.1 Å². The standard InChI is InChI=1S/C18H16N2O4/c1-12(2)18(23)24-5-3-4-16(17(21)22)9-13-6-14(10-19)8-15(7-13)11-20/h6-9H,1,3-5H2,2H3,(H,21,22). The smallest absolute Gasteiger partial charge is 0.333 e. The van der Waals surface area contributed by atoms with Crippen molar-refractivity contribution in [3.63, 3.8) is 0 Å². The minimum atomic E-state index is -1.11. The van der Waals surface area contributed by atoms with E-state index in [9.17, 15) is 14.7 Å². The first-order chi connectivity index (χ1) is 11.4. The summed E-state index contributed by atoms with van der Waals surface area (Å²) < 4.78 is 4.91. The quantitative estimate of drug-likeness (QED) is 0.469. The maximum absolute atomic E-state index is 11.3. The number of carbonyl (C=O) groups excluding carboxylic acids is 1. The van der Waals surface area contributed by atoms with Crippen LogP contribution in [0.3, 0.4) is 0 Å². The molecule has 0 heterocycles. The minimum absolute atomic E-state index is 0.0813.